The lowest BCUT2D eigenvalue weighted by atomic mass is 10.1. The summed E-state index contributed by atoms with van der Waals surface area (Å²) < 4.78 is 0. The average Bonchev–Trinajstić information content (AvgIpc) is 2.29. The standard InChI is InChI=1S/C13H19NO2/c1-3-7-12(15)13(16)14(2)10-11-8-5-4-6-9-11/h4-6,8-9,12,15H,3,7,10H2,1-2H3. The molecule has 3 heteroatoms. The Hall–Kier alpha value is -1.35. The molecule has 0 saturated heterocycles. The summed E-state index contributed by atoms with van der Waals surface area (Å²) in [5.41, 5.74) is 1.07. The van der Waals surface area contributed by atoms with E-state index in [0.29, 0.717) is 13.0 Å². The molecule has 0 saturated carbocycles. The van der Waals surface area contributed by atoms with Crippen LogP contribution in [0.3, 0.4) is 0 Å². The molecule has 1 aromatic carbocycles. The Morgan fingerprint density at radius 1 is 1.38 bits per heavy atom. The highest BCUT2D eigenvalue weighted by Crippen LogP contribution is 2.06. The predicted molar refractivity (Wildman–Crippen MR) is 63.8 cm³/mol. The predicted octanol–water partition coefficient (Wildman–Crippen LogP) is 1.81. The Morgan fingerprint density at radius 2 is 2.00 bits per heavy atom. The molecule has 1 aromatic rings. The summed E-state index contributed by atoms with van der Waals surface area (Å²) in [6.45, 7) is 2.49. The second kappa shape index (κ2) is 6.28. The monoisotopic (exact) mass is 221 g/mol. The van der Waals surface area contributed by atoms with Crippen molar-refractivity contribution in [2.75, 3.05) is 7.05 Å². The van der Waals surface area contributed by atoms with Crippen LogP contribution in [0.5, 0.6) is 0 Å². The molecule has 0 aliphatic heterocycles. The number of aliphatic hydroxyl groups excluding tert-OH is 1. The van der Waals surface area contributed by atoms with Crippen molar-refractivity contribution in [3.8, 4) is 0 Å². The first kappa shape index (κ1) is 12.7. The number of likely N-dealkylation sites (N-methyl/N-ethyl adjacent to an activating group) is 1. The maximum absolute atomic E-state index is 11.7. The Bertz CT molecular complexity index is 324. The molecule has 1 unspecified atom stereocenters. The molecule has 1 N–H and O–H groups in total. The second-order valence-electron chi connectivity index (χ2n) is 3.98. The zero-order valence-corrected chi connectivity index (χ0v) is 9.89. The molecule has 0 heterocycles. The van der Waals surface area contributed by atoms with Gasteiger partial charge in [0.25, 0.3) is 5.91 Å². The van der Waals surface area contributed by atoms with Crippen molar-refractivity contribution >= 4 is 5.91 Å². The Kier molecular flexibility index (Phi) is 4.99. The number of carbonyl (C=O) groups is 1. The molecule has 0 aromatic heterocycles. The number of nitrogens with zero attached hydrogens (tertiary/aromatic N) is 1. The molecule has 1 atom stereocenters. The normalized spacial score (nSPS) is 12.2. The van der Waals surface area contributed by atoms with Crippen LogP contribution in [0.4, 0.5) is 0 Å². The van der Waals surface area contributed by atoms with Crippen molar-refractivity contribution in [1.29, 1.82) is 0 Å². The van der Waals surface area contributed by atoms with Crippen LogP contribution in [0.1, 0.15) is 25.3 Å². The molecule has 16 heavy (non-hydrogen) atoms. The van der Waals surface area contributed by atoms with E-state index in [1.807, 2.05) is 37.3 Å². The van der Waals surface area contributed by atoms with Gasteiger partial charge in [-0.15, -0.1) is 0 Å². The molecule has 1 rings (SSSR count). The highest BCUT2D eigenvalue weighted by atomic mass is 16.3. The quantitative estimate of drug-likeness (QED) is 0.823. The van der Waals surface area contributed by atoms with Gasteiger partial charge in [0.1, 0.15) is 6.10 Å². The summed E-state index contributed by atoms with van der Waals surface area (Å²) in [5, 5.41) is 9.57. The van der Waals surface area contributed by atoms with Crippen molar-refractivity contribution in [1.82, 2.24) is 4.90 Å². The van der Waals surface area contributed by atoms with E-state index in [-0.39, 0.29) is 5.91 Å². The van der Waals surface area contributed by atoms with Crippen LogP contribution in [0.2, 0.25) is 0 Å². The number of aliphatic hydroxyl groups is 1. The van der Waals surface area contributed by atoms with Gasteiger partial charge in [0.15, 0.2) is 0 Å². The zero-order valence-electron chi connectivity index (χ0n) is 9.89. The van der Waals surface area contributed by atoms with Gasteiger partial charge in [-0.1, -0.05) is 43.7 Å². The van der Waals surface area contributed by atoms with E-state index in [4.69, 9.17) is 0 Å². The number of carbonyl (C=O) groups excluding carboxylic acids is 1. The van der Waals surface area contributed by atoms with Crippen molar-refractivity contribution in [2.24, 2.45) is 0 Å². The first-order valence-electron chi connectivity index (χ1n) is 5.62. The molecule has 0 spiro atoms. The van der Waals surface area contributed by atoms with Crippen LogP contribution >= 0.6 is 0 Å². The highest BCUT2D eigenvalue weighted by Gasteiger charge is 2.18. The Balaban J connectivity index is 2.52. The van der Waals surface area contributed by atoms with E-state index in [9.17, 15) is 9.90 Å². The molecular formula is C13H19NO2. The lowest BCUT2D eigenvalue weighted by Gasteiger charge is -2.20. The molecule has 0 aliphatic rings. The summed E-state index contributed by atoms with van der Waals surface area (Å²) in [6.07, 6.45) is 0.475. The molecule has 1 amide bonds. The molecular weight excluding hydrogens is 202 g/mol. The van der Waals surface area contributed by atoms with E-state index in [1.54, 1.807) is 11.9 Å². The van der Waals surface area contributed by atoms with Gasteiger partial charge >= 0.3 is 0 Å². The van der Waals surface area contributed by atoms with Crippen LogP contribution < -0.4 is 0 Å². The summed E-state index contributed by atoms with van der Waals surface area (Å²) in [5.74, 6) is -0.203. The molecule has 0 bridgehead atoms. The summed E-state index contributed by atoms with van der Waals surface area (Å²) in [6, 6.07) is 9.76. The van der Waals surface area contributed by atoms with Gasteiger partial charge in [-0.25, -0.2) is 0 Å². The number of rotatable bonds is 5. The van der Waals surface area contributed by atoms with Crippen molar-refractivity contribution in [3.63, 3.8) is 0 Å². The summed E-state index contributed by atoms with van der Waals surface area (Å²) >= 11 is 0. The smallest absolute Gasteiger partial charge is 0.251 e. The molecule has 0 aliphatic carbocycles. The minimum Gasteiger partial charge on any atom is -0.383 e. The third kappa shape index (κ3) is 3.66. The van der Waals surface area contributed by atoms with Gasteiger partial charge in [-0.2, -0.15) is 0 Å². The first-order chi connectivity index (χ1) is 7.65. The van der Waals surface area contributed by atoms with Gasteiger partial charge in [0.2, 0.25) is 0 Å². The first-order valence-corrected chi connectivity index (χ1v) is 5.62. The van der Waals surface area contributed by atoms with E-state index in [0.717, 1.165) is 12.0 Å². The average molecular weight is 221 g/mol. The molecule has 3 nitrogen and oxygen atoms in total. The minimum absolute atomic E-state index is 0.203. The van der Waals surface area contributed by atoms with Crippen molar-refractivity contribution in [2.45, 2.75) is 32.4 Å². The van der Waals surface area contributed by atoms with Crippen molar-refractivity contribution in [3.05, 3.63) is 35.9 Å². The highest BCUT2D eigenvalue weighted by molar-refractivity contribution is 5.80. The summed E-state index contributed by atoms with van der Waals surface area (Å²) in [7, 11) is 1.72. The van der Waals surface area contributed by atoms with E-state index < -0.39 is 6.10 Å². The molecule has 0 radical (unpaired) electrons. The van der Waals surface area contributed by atoms with E-state index in [1.165, 1.54) is 0 Å². The van der Waals surface area contributed by atoms with Crippen molar-refractivity contribution < 1.29 is 9.90 Å². The second-order valence-corrected chi connectivity index (χ2v) is 3.98. The number of benzene rings is 1. The fourth-order valence-electron chi connectivity index (χ4n) is 1.59. The van der Waals surface area contributed by atoms with Crippen LogP contribution in [-0.4, -0.2) is 29.1 Å². The van der Waals surface area contributed by atoms with Gasteiger partial charge in [0.05, 0.1) is 0 Å². The zero-order chi connectivity index (χ0) is 12.0. The Morgan fingerprint density at radius 3 is 2.56 bits per heavy atom. The number of hydrogen-bond acceptors (Lipinski definition) is 2. The van der Waals surface area contributed by atoms with Crippen LogP contribution in [0.25, 0.3) is 0 Å². The SMILES string of the molecule is CCCC(O)C(=O)N(C)Cc1ccccc1. The maximum Gasteiger partial charge on any atom is 0.251 e. The Labute approximate surface area is 96.7 Å². The van der Waals surface area contributed by atoms with Crippen LogP contribution in [0, 0.1) is 0 Å². The van der Waals surface area contributed by atoms with E-state index in [2.05, 4.69) is 0 Å². The fraction of sp³-hybridized carbons (Fsp3) is 0.462. The van der Waals surface area contributed by atoms with E-state index >= 15 is 0 Å². The third-order valence-electron chi connectivity index (χ3n) is 2.49. The van der Waals surface area contributed by atoms with Gasteiger partial charge < -0.3 is 10.0 Å². The largest absolute Gasteiger partial charge is 0.383 e. The van der Waals surface area contributed by atoms with Gasteiger partial charge in [-0.05, 0) is 12.0 Å². The summed E-state index contributed by atoms with van der Waals surface area (Å²) in [4.78, 5) is 13.3. The third-order valence-corrected chi connectivity index (χ3v) is 2.49. The topological polar surface area (TPSA) is 40.5 Å². The molecule has 88 valence electrons. The lowest BCUT2D eigenvalue weighted by molar-refractivity contribution is -0.139. The maximum atomic E-state index is 11.7. The minimum atomic E-state index is -0.862. The molecule has 0 fully saturated rings. The van der Waals surface area contributed by atoms with Crippen LogP contribution in [-0.2, 0) is 11.3 Å². The van der Waals surface area contributed by atoms with Gasteiger partial charge in [-0.3, -0.25) is 4.79 Å². The number of hydrogen-bond donors (Lipinski definition) is 1. The fourth-order valence-corrected chi connectivity index (χ4v) is 1.59. The van der Waals surface area contributed by atoms with Gasteiger partial charge in [0, 0.05) is 13.6 Å². The number of amides is 1. The van der Waals surface area contributed by atoms with Crippen LogP contribution in [0.15, 0.2) is 30.3 Å². The lowest BCUT2D eigenvalue weighted by Crippen LogP contribution is -2.35.